The van der Waals surface area contributed by atoms with Crippen LogP contribution in [0.4, 0.5) is 0 Å². The fraction of sp³-hybridized carbons (Fsp3) is 0.286. The van der Waals surface area contributed by atoms with Crippen LogP contribution in [-0.4, -0.2) is 37.7 Å². The third-order valence-corrected chi connectivity index (χ3v) is 7.03. The molecule has 0 bridgehead atoms. The van der Waals surface area contributed by atoms with Crippen molar-refractivity contribution in [3.05, 3.63) is 51.7 Å². The summed E-state index contributed by atoms with van der Waals surface area (Å²) >= 11 is 3.05. The van der Waals surface area contributed by atoms with E-state index in [1.54, 1.807) is 11.3 Å². The van der Waals surface area contributed by atoms with Gasteiger partial charge in [-0.2, -0.15) is 0 Å². The van der Waals surface area contributed by atoms with E-state index in [1.807, 2.05) is 17.5 Å². The SMILES string of the molecule is O=c1cc(CSc2nnc(-c3cccs3)n2CC2CCCO2)c2cc(O)c(O)cc2o1. The monoisotopic (exact) mass is 457 g/mol. The number of thioether (sulfide) groups is 1. The van der Waals surface area contributed by atoms with Gasteiger partial charge in [0.1, 0.15) is 5.58 Å². The fourth-order valence-electron chi connectivity index (χ4n) is 3.65. The number of aromatic nitrogens is 3. The van der Waals surface area contributed by atoms with Crippen molar-refractivity contribution < 1.29 is 19.4 Å². The molecule has 8 nitrogen and oxygen atoms in total. The average molecular weight is 458 g/mol. The second-order valence-electron chi connectivity index (χ2n) is 7.25. The molecule has 160 valence electrons. The second-order valence-corrected chi connectivity index (χ2v) is 9.14. The molecule has 1 aliphatic heterocycles. The predicted molar refractivity (Wildman–Crippen MR) is 118 cm³/mol. The Morgan fingerprint density at radius 1 is 1.23 bits per heavy atom. The highest BCUT2D eigenvalue weighted by atomic mass is 32.2. The number of rotatable bonds is 6. The molecule has 0 spiro atoms. The number of phenolic OH excluding ortho intramolecular Hbond substituents is 2. The Labute approximate surface area is 185 Å². The summed E-state index contributed by atoms with van der Waals surface area (Å²) in [6.07, 6.45) is 2.17. The second kappa shape index (κ2) is 8.37. The molecular weight excluding hydrogens is 438 g/mol. The van der Waals surface area contributed by atoms with Crippen molar-refractivity contribution in [3.63, 3.8) is 0 Å². The van der Waals surface area contributed by atoms with Gasteiger partial charge in [-0.15, -0.1) is 21.5 Å². The average Bonchev–Trinajstić information content (AvgIpc) is 3.50. The van der Waals surface area contributed by atoms with E-state index in [-0.39, 0.29) is 23.2 Å². The number of hydrogen-bond donors (Lipinski definition) is 2. The van der Waals surface area contributed by atoms with Crippen molar-refractivity contribution in [2.75, 3.05) is 6.61 Å². The van der Waals surface area contributed by atoms with Gasteiger partial charge in [-0.05, 0) is 35.9 Å². The van der Waals surface area contributed by atoms with Crippen LogP contribution in [0.25, 0.3) is 21.7 Å². The van der Waals surface area contributed by atoms with Crippen LogP contribution in [0.1, 0.15) is 18.4 Å². The van der Waals surface area contributed by atoms with Crippen molar-refractivity contribution in [3.8, 4) is 22.2 Å². The van der Waals surface area contributed by atoms with E-state index in [4.69, 9.17) is 9.15 Å². The molecule has 31 heavy (non-hydrogen) atoms. The first kappa shape index (κ1) is 20.1. The fourth-order valence-corrected chi connectivity index (χ4v) is 5.31. The molecule has 3 aromatic heterocycles. The largest absolute Gasteiger partial charge is 0.504 e. The zero-order valence-electron chi connectivity index (χ0n) is 16.4. The van der Waals surface area contributed by atoms with E-state index in [2.05, 4.69) is 14.8 Å². The van der Waals surface area contributed by atoms with E-state index in [9.17, 15) is 15.0 Å². The summed E-state index contributed by atoms with van der Waals surface area (Å²) in [6.45, 7) is 1.43. The van der Waals surface area contributed by atoms with Crippen LogP contribution >= 0.6 is 23.1 Å². The first-order valence-corrected chi connectivity index (χ1v) is 11.6. The van der Waals surface area contributed by atoms with E-state index in [0.717, 1.165) is 35.3 Å². The lowest BCUT2D eigenvalue weighted by atomic mass is 10.1. The number of thiophene rings is 1. The summed E-state index contributed by atoms with van der Waals surface area (Å²) in [5.74, 6) is 0.611. The van der Waals surface area contributed by atoms with Gasteiger partial charge in [-0.3, -0.25) is 4.57 Å². The summed E-state index contributed by atoms with van der Waals surface area (Å²) < 4.78 is 13.1. The number of phenols is 2. The Bertz CT molecular complexity index is 1280. The molecule has 0 saturated carbocycles. The summed E-state index contributed by atoms with van der Waals surface area (Å²) in [6, 6.07) is 8.04. The molecule has 1 fully saturated rings. The molecule has 1 aliphatic rings. The molecule has 0 amide bonds. The Morgan fingerprint density at radius 3 is 2.87 bits per heavy atom. The molecule has 1 aromatic carbocycles. The van der Waals surface area contributed by atoms with Crippen LogP contribution < -0.4 is 5.63 Å². The molecule has 2 N–H and O–H groups in total. The minimum Gasteiger partial charge on any atom is -0.504 e. The highest BCUT2D eigenvalue weighted by Crippen LogP contribution is 2.34. The zero-order chi connectivity index (χ0) is 21.4. The number of nitrogens with zero attached hydrogens (tertiary/aromatic N) is 3. The van der Waals surface area contributed by atoms with Crippen LogP contribution in [0, 0.1) is 0 Å². The lowest BCUT2D eigenvalue weighted by Crippen LogP contribution is -2.16. The minimum atomic E-state index is -0.520. The molecule has 5 rings (SSSR count). The Balaban J connectivity index is 1.48. The first-order valence-electron chi connectivity index (χ1n) is 9.78. The predicted octanol–water partition coefficient (Wildman–Crippen LogP) is 4.00. The van der Waals surface area contributed by atoms with E-state index in [0.29, 0.717) is 23.2 Å². The molecule has 0 aliphatic carbocycles. The summed E-state index contributed by atoms with van der Waals surface area (Å²) in [4.78, 5) is 13.0. The number of aromatic hydroxyl groups is 2. The molecule has 10 heteroatoms. The van der Waals surface area contributed by atoms with Gasteiger partial charge in [0.2, 0.25) is 0 Å². The maximum Gasteiger partial charge on any atom is 0.336 e. The summed E-state index contributed by atoms with van der Waals surface area (Å²) in [7, 11) is 0. The smallest absolute Gasteiger partial charge is 0.336 e. The van der Waals surface area contributed by atoms with Gasteiger partial charge in [0.05, 0.1) is 17.5 Å². The van der Waals surface area contributed by atoms with Crippen LogP contribution in [0.15, 0.2) is 50.1 Å². The standard InChI is InChI=1S/C21H19N3O5S2/c25-15-8-14-12(7-19(27)29-17(14)9-16(15)26)11-31-21-23-22-20(18-4-2-6-30-18)24(21)10-13-3-1-5-28-13/h2,4,6-9,13,25-26H,1,3,5,10-11H2. The van der Waals surface area contributed by atoms with Gasteiger partial charge in [0.15, 0.2) is 22.5 Å². The molecule has 4 aromatic rings. The van der Waals surface area contributed by atoms with Crippen molar-refractivity contribution in [2.45, 2.75) is 36.4 Å². The van der Waals surface area contributed by atoms with Crippen LogP contribution in [-0.2, 0) is 17.0 Å². The summed E-state index contributed by atoms with van der Waals surface area (Å²) in [5, 5.41) is 31.7. The number of ether oxygens (including phenoxy) is 1. The van der Waals surface area contributed by atoms with Crippen LogP contribution in [0.5, 0.6) is 11.5 Å². The Kier molecular flexibility index (Phi) is 5.43. The molecule has 0 radical (unpaired) electrons. The van der Waals surface area contributed by atoms with E-state index >= 15 is 0 Å². The first-order chi connectivity index (χ1) is 15.1. The van der Waals surface area contributed by atoms with Gasteiger partial charge in [-0.25, -0.2) is 4.79 Å². The Morgan fingerprint density at radius 2 is 2.10 bits per heavy atom. The van der Waals surface area contributed by atoms with Gasteiger partial charge in [0, 0.05) is 29.9 Å². The highest BCUT2D eigenvalue weighted by molar-refractivity contribution is 7.98. The minimum absolute atomic E-state index is 0.124. The normalized spacial score (nSPS) is 16.3. The number of fused-ring (bicyclic) bond motifs is 1. The third-order valence-electron chi connectivity index (χ3n) is 5.15. The highest BCUT2D eigenvalue weighted by Gasteiger charge is 2.22. The number of benzene rings is 1. The van der Waals surface area contributed by atoms with Crippen molar-refractivity contribution in [2.24, 2.45) is 0 Å². The Hall–Kier alpha value is -2.82. The molecule has 1 atom stereocenters. The number of hydrogen-bond acceptors (Lipinski definition) is 9. The molecule has 1 saturated heterocycles. The summed E-state index contributed by atoms with van der Waals surface area (Å²) in [5.41, 5.74) is 0.377. The van der Waals surface area contributed by atoms with E-state index < -0.39 is 5.63 Å². The maximum absolute atomic E-state index is 12.0. The lowest BCUT2D eigenvalue weighted by Gasteiger charge is -2.14. The van der Waals surface area contributed by atoms with Gasteiger partial charge >= 0.3 is 5.63 Å². The quantitative estimate of drug-likeness (QED) is 0.254. The van der Waals surface area contributed by atoms with Crippen molar-refractivity contribution in [1.82, 2.24) is 14.8 Å². The van der Waals surface area contributed by atoms with Gasteiger partial charge in [0.25, 0.3) is 0 Å². The topological polar surface area (TPSA) is 111 Å². The third kappa shape index (κ3) is 4.06. The van der Waals surface area contributed by atoms with Gasteiger partial charge < -0.3 is 19.4 Å². The maximum atomic E-state index is 12.0. The van der Waals surface area contributed by atoms with Crippen LogP contribution in [0.2, 0.25) is 0 Å². The molecular formula is C21H19N3O5S2. The van der Waals surface area contributed by atoms with Crippen LogP contribution in [0.3, 0.4) is 0 Å². The molecule has 1 unspecified atom stereocenters. The van der Waals surface area contributed by atoms with Gasteiger partial charge in [-0.1, -0.05) is 17.8 Å². The zero-order valence-corrected chi connectivity index (χ0v) is 18.0. The van der Waals surface area contributed by atoms with Crippen molar-refractivity contribution in [1.29, 1.82) is 0 Å². The molecule has 4 heterocycles. The van der Waals surface area contributed by atoms with E-state index in [1.165, 1.54) is 30.0 Å². The van der Waals surface area contributed by atoms with Crippen molar-refractivity contribution >= 4 is 34.1 Å². The lowest BCUT2D eigenvalue weighted by molar-refractivity contribution is 0.0953.